The van der Waals surface area contributed by atoms with Gasteiger partial charge in [0.2, 0.25) is 0 Å². The van der Waals surface area contributed by atoms with Crippen molar-refractivity contribution in [1.82, 2.24) is 0 Å². The second-order valence-electron chi connectivity index (χ2n) is 5.85. The number of fused-ring (bicyclic) bond motifs is 5. The second kappa shape index (κ2) is 5.66. The van der Waals surface area contributed by atoms with Gasteiger partial charge >= 0.3 is 5.97 Å². The maximum atomic E-state index is 10.8. The van der Waals surface area contributed by atoms with E-state index in [0.29, 0.717) is 18.8 Å². The van der Waals surface area contributed by atoms with E-state index in [0.717, 1.165) is 19.1 Å². The summed E-state index contributed by atoms with van der Waals surface area (Å²) in [5.74, 6) is -0.0996. The highest BCUT2D eigenvalue weighted by Gasteiger charge is 2.68. The Labute approximate surface area is 117 Å². The van der Waals surface area contributed by atoms with E-state index in [-0.39, 0.29) is 36.8 Å². The van der Waals surface area contributed by atoms with E-state index >= 15 is 0 Å². The maximum Gasteiger partial charge on any atom is 0.303 e. The third-order valence-corrected chi connectivity index (χ3v) is 4.62. The van der Waals surface area contributed by atoms with Crippen LogP contribution >= 0.6 is 0 Å². The molecule has 6 atom stereocenters. The van der Waals surface area contributed by atoms with E-state index < -0.39 is 5.97 Å². The lowest BCUT2D eigenvalue weighted by atomic mass is 9.76. The summed E-state index contributed by atoms with van der Waals surface area (Å²) in [5.41, 5.74) is 0. The van der Waals surface area contributed by atoms with Gasteiger partial charge in [-0.25, -0.2) is 0 Å². The molecule has 0 amide bonds. The fourth-order valence-electron chi connectivity index (χ4n) is 3.65. The molecule has 5 nitrogen and oxygen atoms in total. The molecule has 3 fully saturated rings. The Hall–Kier alpha value is -1.20. The number of carbonyl (C=O) groups excluding carboxylic acids is 1. The zero-order valence-electron chi connectivity index (χ0n) is 11.3. The van der Waals surface area contributed by atoms with Gasteiger partial charge in [0.25, 0.3) is 0 Å². The van der Waals surface area contributed by atoms with Crippen LogP contribution in [0.3, 0.4) is 0 Å². The summed E-state index contributed by atoms with van der Waals surface area (Å²) < 4.78 is 11.5. The van der Waals surface area contributed by atoms with Crippen molar-refractivity contribution in [1.29, 1.82) is 0 Å². The van der Waals surface area contributed by atoms with Crippen LogP contribution in [0.4, 0.5) is 0 Å². The zero-order valence-corrected chi connectivity index (χ0v) is 11.3. The van der Waals surface area contributed by atoms with Gasteiger partial charge in [0.15, 0.2) is 0 Å². The van der Waals surface area contributed by atoms with Gasteiger partial charge in [-0.3, -0.25) is 4.79 Å². The first-order valence-electron chi connectivity index (χ1n) is 7.33. The summed E-state index contributed by atoms with van der Waals surface area (Å²) in [6.45, 7) is 0. The van der Waals surface area contributed by atoms with Gasteiger partial charge in [-0.1, -0.05) is 12.2 Å². The van der Waals surface area contributed by atoms with Crippen molar-refractivity contribution in [2.75, 3.05) is 0 Å². The number of unbranched alkanes of at least 4 members (excludes halogenated alkanes) is 1. The number of ether oxygens (including phenoxy) is 2. The molecule has 5 heteroatoms. The van der Waals surface area contributed by atoms with Crippen LogP contribution in [0.1, 0.15) is 32.1 Å². The first-order valence-corrected chi connectivity index (χ1v) is 7.33. The standard InChI is InChI=1S/C15H20O5/c16-8-7-10-9(5-3-1-2-4-6-11(17)18)12-14-15(20-14)13(10)19-12/h1,3,8-10,12-15H,2,4-7H2,(H,17,18)/b3-1-/t9-,10+,12+,13-,14-,15+/m0/s1. The highest BCUT2D eigenvalue weighted by molar-refractivity contribution is 5.66. The first-order chi connectivity index (χ1) is 9.72. The molecule has 3 rings (SSSR count). The molecule has 0 aromatic heterocycles. The smallest absolute Gasteiger partial charge is 0.303 e. The predicted molar refractivity (Wildman–Crippen MR) is 70.2 cm³/mol. The Morgan fingerprint density at radius 3 is 2.30 bits per heavy atom. The molecule has 3 aliphatic rings. The number of aliphatic carboxylic acids is 1. The molecule has 2 bridgehead atoms. The highest BCUT2D eigenvalue weighted by atomic mass is 16.7. The number of aldehydes is 1. The zero-order chi connectivity index (χ0) is 14.1. The first kappa shape index (κ1) is 13.8. The summed E-state index contributed by atoms with van der Waals surface area (Å²) in [4.78, 5) is 21.2. The summed E-state index contributed by atoms with van der Waals surface area (Å²) in [5, 5.41) is 8.55. The van der Waals surface area contributed by atoms with Crippen LogP contribution in [-0.2, 0) is 19.1 Å². The molecule has 0 spiro atoms. The van der Waals surface area contributed by atoms with E-state index in [2.05, 4.69) is 6.08 Å². The molecule has 0 radical (unpaired) electrons. The molecule has 3 heterocycles. The van der Waals surface area contributed by atoms with Crippen LogP contribution < -0.4 is 0 Å². The molecule has 3 aliphatic heterocycles. The van der Waals surface area contributed by atoms with Gasteiger partial charge in [-0.15, -0.1) is 0 Å². The minimum atomic E-state index is -0.747. The van der Waals surface area contributed by atoms with Crippen LogP contribution in [0.5, 0.6) is 0 Å². The molecule has 0 aromatic rings. The normalized spacial score (nSPS) is 41.0. The average Bonchev–Trinajstić information content (AvgIpc) is 3.04. The topological polar surface area (TPSA) is 76.1 Å². The van der Waals surface area contributed by atoms with Gasteiger partial charge in [0.05, 0.1) is 12.2 Å². The van der Waals surface area contributed by atoms with E-state index in [1.165, 1.54) is 0 Å². The Morgan fingerprint density at radius 1 is 1.00 bits per heavy atom. The fraction of sp³-hybridized carbons (Fsp3) is 0.733. The van der Waals surface area contributed by atoms with E-state index in [4.69, 9.17) is 14.6 Å². The van der Waals surface area contributed by atoms with Gasteiger partial charge in [0, 0.05) is 18.8 Å². The fourth-order valence-corrected chi connectivity index (χ4v) is 3.65. The molecule has 20 heavy (non-hydrogen) atoms. The van der Waals surface area contributed by atoms with Crippen LogP contribution in [0.15, 0.2) is 12.2 Å². The third-order valence-electron chi connectivity index (χ3n) is 4.62. The minimum Gasteiger partial charge on any atom is -0.481 e. The van der Waals surface area contributed by atoms with E-state index in [9.17, 15) is 9.59 Å². The number of carbonyl (C=O) groups is 2. The largest absolute Gasteiger partial charge is 0.481 e. The Morgan fingerprint density at radius 2 is 1.65 bits per heavy atom. The molecule has 0 unspecified atom stereocenters. The summed E-state index contributed by atoms with van der Waals surface area (Å²) >= 11 is 0. The molecule has 0 saturated carbocycles. The van der Waals surface area contributed by atoms with Crippen molar-refractivity contribution in [2.24, 2.45) is 11.8 Å². The molecule has 1 N–H and O–H groups in total. The summed E-state index contributed by atoms with van der Waals surface area (Å²) in [6, 6.07) is 0. The van der Waals surface area contributed by atoms with Crippen molar-refractivity contribution >= 4 is 12.3 Å². The lowest BCUT2D eigenvalue weighted by Crippen LogP contribution is -2.32. The van der Waals surface area contributed by atoms with Gasteiger partial charge in [0.1, 0.15) is 18.5 Å². The third kappa shape index (κ3) is 2.52. The minimum absolute atomic E-state index is 0.112. The summed E-state index contributed by atoms with van der Waals surface area (Å²) in [6.07, 6.45) is 8.99. The van der Waals surface area contributed by atoms with E-state index in [1.807, 2.05) is 6.08 Å². The molecule has 110 valence electrons. The lowest BCUT2D eigenvalue weighted by molar-refractivity contribution is -0.137. The van der Waals surface area contributed by atoms with Crippen LogP contribution in [0.2, 0.25) is 0 Å². The number of allylic oxidation sites excluding steroid dienone is 2. The number of epoxide rings is 1. The van der Waals surface area contributed by atoms with Crippen molar-refractivity contribution in [3.63, 3.8) is 0 Å². The molecular formula is C15H20O5. The van der Waals surface area contributed by atoms with Crippen molar-refractivity contribution in [3.05, 3.63) is 12.2 Å². The van der Waals surface area contributed by atoms with Gasteiger partial charge in [-0.2, -0.15) is 0 Å². The Bertz CT molecular complexity index is 418. The molecule has 0 aromatic carbocycles. The second-order valence-corrected chi connectivity index (χ2v) is 5.85. The van der Waals surface area contributed by atoms with Gasteiger partial charge < -0.3 is 19.4 Å². The van der Waals surface area contributed by atoms with Crippen LogP contribution in [0, 0.1) is 11.8 Å². The molecule has 3 saturated heterocycles. The maximum absolute atomic E-state index is 10.8. The van der Waals surface area contributed by atoms with Gasteiger partial charge in [-0.05, 0) is 25.2 Å². The summed E-state index contributed by atoms with van der Waals surface area (Å²) in [7, 11) is 0. The van der Waals surface area contributed by atoms with Crippen LogP contribution in [0.25, 0.3) is 0 Å². The monoisotopic (exact) mass is 280 g/mol. The average molecular weight is 280 g/mol. The highest BCUT2D eigenvalue weighted by Crippen LogP contribution is 2.55. The molecule has 0 aliphatic carbocycles. The number of hydrogen-bond acceptors (Lipinski definition) is 4. The molecular weight excluding hydrogens is 260 g/mol. The van der Waals surface area contributed by atoms with Crippen LogP contribution in [-0.4, -0.2) is 41.8 Å². The SMILES string of the molecule is O=CC[C@@H]1[C@H](C/C=C\CCCC(=O)O)[C@H]2O[C@@H]1[C@H]1O[C@H]12. The predicted octanol–water partition coefficient (Wildman–Crippen LogP) is 1.56. The Balaban J connectivity index is 1.47. The lowest BCUT2D eigenvalue weighted by Gasteiger charge is -2.23. The van der Waals surface area contributed by atoms with E-state index in [1.54, 1.807) is 0 Å². The quantitative estimate of drug-likeness (QED) is 0.316. The number of rotatable bonds is 8. The van der Waals surface area contributed by atoms with Crippen molar-refractivity contribution < 1.29 is 24.2 Å². The Kier molecular flexibility index (Phi) is 3.89. The van der Waals surface area contributed by atoms with Crippen molar-refractivity contribution in [2.45, 2.75) is 56.5 Å². The number of carboxylic acids is 1. The number of hydrogen-bond donors (Lipinski definition) is 1. The number of carboxylic acid groups (broad SMARTS) is 1. The van der Waals surface area contributed by atoms with Crippen molar-refractivity contribution in [3.8, 4) is 0 Å².